The van der Waals surface area contributed by atoms with E-state index in [0.29, 0.717) is 0 Å². The number of nitrogens with zero attached hydrogens (tertiary/aromatic N) is 3. The first-order valence-corrected chi connectivity index (χ1v) is 5.43. The van der Waals surface area contributed by atoms with Gasteiger partial charge in [0.2, 0.25) is 6.23 Å². The summed E-state index contributed by atoms with van der Waals surface area (Å²) in [5, 5.41) is 1.95. The lowest BCUT2D eigenvalue weighted by Crippen LogP contribution is -2.30. The van der Waals surface area contributed by atoms with E-state index in [-0.39, 0.29) is 6.23 Å². The second kappa shape index (κ2) is 3.04. The number of rotatable bonds is 0. The normalized spacial score (nSPS) is 23.3. The second-order valence-electron chi connectivity index (χ2n) is 3.99. The van der Waals surface area contributed by atoms with E-state index < -0.39 is 0 Å². The number of aliphatic imine (C=N–C) groups is 1. The van der Waals surface area contributed by atoms with Crippen molar-refractivity contribution in [1.29, 1.82) is 0 Å². The van der Waals surface area contributed by atoms with Crippen LogP contribution in [0.1, 0.15) is 11.8 Å². The highest BCUT2D eigenvalue weighted by atomic mass is 16.5. The fraction of sp³-hybridized carbons (Fsp3) is 0.0833. The maximum absolute atomic E-state index is 5.62. The Balaban J connectivity index is 1.95. The molecule has 3 aliphatic heterocycles. The Bertz CT molecular complexity index is 563. The van der Waals surface area contributed by atoms with Gasteiger partial charge in [-0.1, -0.05) is 18.2 Å². The molecule has 3 heterocycles. The van der Waals surface area contributed by atoms with Crippen molar-refractivity contribution < 1.29 is 4.74 Å². The van der Waals surface area contributed by atoms with Gasteiger partial charge in [-0.05, 0) is 6.07 Å². The van der Waals surface area contributed by atoms with E-state index in [1.165, 1.54) is 0 Å². The summed E-state index contributed by atoms with van der Waals surface area (Å²) < 4.78 is 5.62. The van der Waals surface area contributed by atoms with Gasteiger partial charge < -0.3 is 9.64 Å². The number of fused-ring (bicyclic) bond motifs is 5. The Morgan fingerprint density at radius 3 is 3.24 bits per heavy atom. The average Bonchev–Trinajstić information content (AvgIpc) is 2.97. The molecule has 0 spiro atoms. The lowest BCUT2D eigenvalue weighted by molar-refractivity contribution is 0.0860. The quantitative estimate of drug-likeness (QED) is 0.730. The molecule has 0 aliphatic carbocycles. The molecule has 84 valence electrons. The van der Waals surface area contributed by atoms with Crippen LogP contribution in [0.5, 0.6) is 0 Å². The molecule has 0 bridgehead atoms. The fourth-order valence-electron chi connectivity index (χ4n) is 2.27. The predicted molar refractivity (Wildman–Crippen MR) is 63.4 cm³/mol. The summed E-state index contributed by atoms with van der Waals surface area (Å²) in [4.78, 5) is 6.31. The second-order valence-corrected chi connectivity index (χ2v) is 3.99. The van der Waals surface area contributed by atoms with Crippen LogP contribution in [0.3, 0.4) is 0 Å². The molecular weight excluding hydrogens is 216 g/mol. The van der Waals surface area contributed by atoms with Crippen molar-refractivity contribution in [2.75, 3.05) is 5.01 Å². The van der Waals surface area contributed by atoms with Crippen LogP contribution in [0.2, 0.25) is 0 Å². The van der Waals surface area contributed by atoms with Crippen molar-refractivity contribution in [2.45, 2.75) is 6.23 Å². The topological polar surface area (TPSA) is 40.1 Å². The third-order valence-electron chi connectivity index (χ3n) is 3.03. The van der Waals surface area contributed by atoms with Gasteiger partial charge in [-0.3, -0.25) is 5.43 Å². The summed E-state index contributed by atoms with van der Waals surface area (Å²) in [6, 6.07) is 8.14. The van der Waals surface area contributed by atoms with E-state index in [9.17, 15) is 0 Å². The molecule has 0 amide bonds. The Kier molecular flexibility index (Phi) is 1.55. The monoisotopic (exact) mass is 226 g/mol. The molecule has 0 saturated carbocycles. The molecule has 5 heteroatoms. The zero-order valence-corrected chi connectivity index (χ0v) is 8.95. The summed E-state index contributed by atoms with van der Waals surface area (Å²) in [7, 11) is 0. The van der Waals surface area contributed by atoms with Crippen LogP contribution in [-0.4, -0.2) is 11.2 Å². The fourth-order valence-corrected chi connectivity index (χ4v) is 2.27. The van der Waals surface area contributed by atoms with Crippen LogP contribution in [0.15, 0.2) is 53.7 Å². The van der Waals surface area contributed by atoms with E-state index in [1.807, 2.05) is 34.4 Å². The van der Waals surface area contributed by atoms with E-state index in [2.05, 4.69) is 22.6 Å². The van der Waals surface area contributed by atoms with Gasteiger partial charge in [-0.15, -0.1) is 0 Å². The van der Waals surface area contributed by atoms with Crippen molar-refractivity contribution in [1.82, 2.24) is 10.3 Å². The van der Waals surface area contributed by atoms with Crippen molar-refractivity contribution in [3.05, 3.63) is 54.3 Å². The van der Waals surface area contributed by atoms with Crippen molar-refractivity contribution in [3.8, 4) is 0 Å². The van der Waals surface area contributed by atoms with E-state index in [0.717, 1.165) is 17.1 Å². The summed E-state index contributed by atoms with van der Waals surface area (Å²) in [5.41, 5.74) is 5.29. The van der Waals surface area contributed by atoms with Gasteiger partial charge in [0.15, 0.2) is 5.82 Å². The van der Waals surface area contributed by atoms with Crippen molar-refractivity contribution in [2.24, 2.45) is 4.99 Å². The van der Waals surface area contributed by atoms with Gasteiger partial charge in [0.05, 0.1) is 11.9 Å². The van der Waals surface area contributed by atoms with Crippen LogP contribution >= 0.6 is 0 Å². The van der Waals surface area contributed by atoms with Crippen molar-refractivity contribution >= 4 is 12.0 Å². The molecular formula is C12H10N4O. The minimum absolute atomic E-state index is 0.0960. The maximum Gasteiger partial charge on any atom is 0.203 e. The molecule has 1 unspecified atom stereocenters. The van der Waals surface area contributed by atoms with Crippen LogP contribution < -0.4 is 10.4 Å². The van der Waals surface area contributed by atoms with Gasteiger partial charge in [0.1, 0.15) is 12.6 Å². The van der Waals surface area contributed by atoms with Gasteiger partial charge in [0.25, 0.3) is 0 Å². The Labute approximate surface area is 98.3 Å². The summed E-state index contributed by atoms with van der Waals surface area (Å²) >= 11 is 0. The number of ether oxygens (including phenoxy) is 1. The smallest absolute Gasteiger partial charge is 0.203 e. The first-order chi connectivity index (χ1) is 8.43. The Morgan fingerprint density at radius 2 is 2.24 bits per heavy atom. The van der Waals surface area contributed by atoms with Crippen LogP contribution in [-0.2, 0) is 4.74 Å². The van der Waals surface area contributed by atoms with Gasteiger partial charge >= 0.3 is 0 Å². The van der Waals surface area contributed by atoms with Crippen LogP contribution in [0.25, 0.3) is 0 Å². The molecule has 1 aromatic rings. The van der Waals surface area contributed by atoms with Gasteiger partial charge in [-0.25, -0.2) is 10.0 Å². The molecule has 17 heavy (non-hydrogen) atoms. The number of hydrogen-bond donors (Lipinski definition) is 1. The number of anilines is 1. The van der Waals surface area contributed by atoms with Gasteiger partial charge in [0, 0.05) is 11.8 Å². The number of benzene rings is 1. The number of para-hydroxylation sites is 1. The van der Waals surface area contributed by atoms with E-state index in [1.54, 1.807) is 12.6 Å². The van der Waals surface area contributed by atoms with Crippen LogP contribution in [0, 0.1) is 0 Å². The molecule has 3 aliphatic rings. The van der Waals surface area contributed by atoms with Gasteiger partial charge in [-0.2, -0.15) is 0 Å². The standard InChI is InChI=1S/C12H10N4O/c1-2-4-10-9(3-1)12-15(5-6-17-12)7-11-13-8-14-16(10)11/h1-8,12H,(H,13,14). The molecule has 0 radical (unpaired) electrons. The minimum atomic E-state index is -0.0960. The largest absolute Gasteiger partial charge is 0.472 e. The SMILES string of the molecule is C1=CN2C=C3N=CNN3c3ccccc3C2O1. The molecule has 5 nitrogen and oxygen atoms in total. The molecule has 1 aromatic carbocycles. The summed E-state index contributed by atoms with van der Waals surface area (Å²) in [6.07, 6.45) is 7.17. The van der Waals surface area contributed by atoms with Crippen LogP contribution in [0.4, 0.5) is 5.69 Å². The molecule has 0 fully saturated rings. The van der Waals surface area contributed by atoms with E-state index >= 15 is 0 Å². The third-order valence-corrected chi connectivity index (χ3v) is 3.03. The van der Waals surface area contributed by atoms with E-state index in [4.69, 9.17) is 4.74 Å². The minimum Gasteiger partial charge on any atom is -0.472 e. The average molecular weight is 226 g/mol. The predicted octanol–water partition coefficient (Wildman–Crippen LogP) is 1.65. The number of hydrazine groups is 1. The highest BCUT2D eigenvalue weighted by molar-refractivity contribution is 5.71. The zero-order valence-electron chi connectivity index (χ0n) is 8.95. The highest BCUT2D eigenvalue weighted by Gasteiger charge is 2.32. The maximum atomic E-state index is 5.62. The lowest BCUT2D eigenvalue weighted by Gasteiger charge is -2.22. The zero-order chi connectivity index (χ0) is 11.2. The summed E-state index contributed by atoms with van der Waals surface area (Å²) in [6.45, 7) is 0. The Hall–Kier alpha value is -2.43. The van der Waals surface area contributed by atoms with Crippen molar-refractivity contribution in [3.63, 3.8) is 0 Å². The number of nitrogens with one attached hydrogen (secondary N) is 1. The number of hydrogen-bond acceptors (Lipinski definition) is 5. The lowest BCUT2D eigenvalue weighted by atomic mass is 10.1. The molecule has 0 aromatic heterocycles. The third kappa shape index (κ3) is 1.10. The highest BCUT2D eigenvalue weighted by Crippen LogP contribution is 2.39. The molecule has 1 atom stereocenters. The molecule has 4 rings (SSSR count). The Morgan fingerprint density at radius 1 is 1.29 bits per heavy atom. The summed E-state index contributed by atoms with van der Waals surface area (Å²) in [5.74, 6) is 0.857. The first-order valence-electron chi connectivity index (χ1n) is 5.43. The first kappa shape index (κ1) is 8.69. The molecule has 0 saturated heterocycles. The molecule has 1 N–H and O–H groups in total.